The van der Waals surface area contributed by atoms with Crippen LogP contribution in [0.4, 0.5) is 0 Å². The second kappa shape index (κ2) is 9.93. The second-order valence-corrected chi connectivity index (χ2v) is 7.08. The molecule has 0 aliphatic rings. The van der Waals surface area contributed by atoms with E-state index in [1.807, 2.05) is 30.3 Å². The van der Waals surface area contributed by atoms with Crippen molar-refractivity contribution in [2.45, 2.75) is 20.5 Å². The normalized spacial score (nSPS) is 11.2. The van der Waals surface area contributed by atoms with Crippen LogP contribution < -0.4 is 9.47 Å². The van der Waals surface area contributed by atoms with Gasteiger partial charge < -0.3 is 18.8 Å². The minimum absolute atomic E-state index is 0.0593. The number of ether oxygens (including phenoxy) is 2. The molecule has 3 rings (SSSR count). The maximum Gasteiger partial charge on any atom is 0.267 e. The summed E-state index contributed by atoms with van der Waals surface area (Å²) < 4.78 is 16.3. The highest BCUT2D eigenvalue weighted by Crippen LogP contribution is 2.28. The summed E-state index contributed by atoms with van der Waals surface area (Å²) in [6.45, 7) is 4.86. The van der Waals surface area contributed by atoms with Gasteiger partial charge >= 0.3 is 0 Å². The number of nitrogens with zero attached hydrogens (tertiary/aromatic N) is 3. The first-order valence-electron chi connectivity index (χ1n) is 9.10. The van der Waals surface area contributed by atoms with E-state index in [2.05, 4.69) is 29.1 Å². The maximum atomic E-state index is 5.88. The monoisotopic (exact) mass is 415 g/mol. The molecule has 7 nitrogen and oxygen atoms in total. The molecular formula is C21H22ClN3O4. The highest BCUT2D eigenvalue weighted by atomic mass is 35.5. The molecule has 1 aromatic heterocycles. The van der Waals surface area contributed by atoms with Crippen molar-refractivity contribution in [2.24, 2.45) is 11.1 Å². The van der Waals surface area contributed by atoms with Gasteiger partial charge in [0.2, 0.25) is 5.82 Å². The van der Waals surface area contributed by atoms with Crippen LogP contribution in [-0.2, 0) is 11.4 Å². The first-order chi connectivity index (χ1) is 14.0. The molecule has 0 spiro atoms. The van der Waals surface area contributed by atoms with E-state index in [0.717, 1.165) is 11.1 Å². The van der Waals surface area contributed by atoms with Crippen LogP contribution in [-0.4, -0.2) is 30.1 Å². The first kappa shape index (κ1) is 20.7. The zero-order valence-corrected chi connectivity index (χ0v) is 17.2. The van der Waals surface area contributed by atoms with Crippen LogP contribution in [0.2, 0.25) is 5.02 Å². The van der Waals surface area contributed by atoms with E-state index >= 15 is 0 Å². The average Bonchev–Trinajstić information content (AvgIpc) is 3.19. The molecule has 0 fully saturated rings. The highest BCUT2D eigenvalue weighted by molar-refractivity contribution is 6.30. The number of methoxy groups -OCH3 is 1. The minimum Gasteiger partial charge on any atom is -0.493 e. The second-order valence-electron chi connectivity index (χ2n) is 6.64. The Morgan fingerprint density at radius 1 is 1.14 bits per heavy atom. The summed E-state index contributed by atoms with van der Waals surface area (Å²) in [6, 6.07) is 12.7. The molecule has 0 unspecified atom stereocenters. The Hall–Kier alpha value is -3.06. The van der Waals surface area contributed by atoms with Crippen LogP contribution >= 0.6 is 11.6 Å². The first-order valence-corrected chi connectivity index (χ1v) is 9.47. The molecular weight excluding hydrogens is 394 g/mol. The Balaban J connectivity index is 1.55. The third kappa shape index (κ3) is 5.96. The molecule has 8 heteroatoms. The molecule has 152 valence electrons. The Morgan fingerprint density at radius 3 is 2.66 bits per heavy atom. The van der Waals surface area contributed by atoms with Crippen LogP contribution in [0.25, 0.3) is 11.4 Å². The Morgan fingerprint density at radius 2 is 1.93 bits per heavy atom. The molecule has 0 N–H and O–H groups in total. The number of aromatic nitrogens is 2. The van der Waals surface area contributed by atoms with Crippen molar-refractivity contribution < 1.29 is 18.8 Å². The van der Waals surface area contributed by atoms with Gasteiger partial charge in [-0.2, -0.15) is 4.98 Å². The molecule has 0 bridgehead atoms. The maximum absolute atomic E-state index is 5.88. The molecule has 0 saturated carbocycles. The summed E-state index contributed by atoms with van der Waals surface area (Å²) in [6.07, 6.45) is 1.57. The number of benzene rings is 2. The van der Waals surface area contributed by atoms with E-state index in [1.165, 1.54) is 0 Å². The third-order valence-corrected chi connectivity index (χ3v) is 4.05. The molecule has 0 aliphatic heterocycles. The largest absolute Gasteiger partial charge is 0.493 e. The van der Waals surface area contributed by atoms with Gasteiger partial charge in [-0.15, -0.1) is 0 Å². The lowest BCUT2D eigenvalue weighted by atomic mass is 10.2. The van der Waals surface area contributed by atoms with Crippen molar-refractivity contribution in [1.29, 1.82) is 0 Å². The van der Waals surface area contributed by atoms with E-state index in [0.29, 0.717) is 40.8 Å². The van der Waals surface area contributed by atoms with Gasteiger partial charge in [0.15, 0.2) is 18.1 Å². The van der Waals surface area contributed by atoms with Crippen molar-refractivity contribution >= 4 is 17.8 Å². The summed E-state index contributed by atoms with van der Waals surface area (Å²) in [5.41, 5.74) is 1.62. The van der Waals surface area contributed by atoms with Gasteiger partial charge in [0.25, 0.3) is 5.89 Å². The zero-order valence-electron chi connectivity index (χ0n) is 16.5. The molecule has 0 amide bonds. The van der Waals surface area contributed by atoms with E-state index in [-0.39, 0.29) is 6.61 Å². The van der Waals surface area contributed by atoms with Crippen molar-refractivity contribution in [3.8, 4) is 22.9 Å². The Kier molecular flexibility index (Phi) is 7.08. The Labute approximate surface area is 174 Å². The van der Waals surface area contributed by atoms with Gasteiger partial charge in [-0.3, -0.25) is 0 Å². The average molecular weight is 416 g/mol. The molecule has 0 aliphatic carbocycles. The summed E-state index contributed by atoms with van der Waals surface area (Å²) >= 11 is 5.88. The molecule has 3 aromatic rings. The predicted octanol–water partition coefficient (Wildman–Crippen LogP) is 4.98. The number of rotatable bonds is 9. The molecule has 0 radical (unpaired) electrons. The summed E-state index contributed by atoms with van der Waals surface area (Å²) in [7, 11) is 1.60. The van der Waals surface area contributed by atoms with E-state index in [9.17, 15) is 0 Å². The van der Waals surface area contributed by atoms with Crippen LogP contribution in [0.3, 0.4) is 0 Å². The number of hydrogen-bond acceptors (Lipinski definition) is 7. The standard InChI is InChI=1S/C21H22ClN3O4/c1-14(2)12-27-18-9-4-15(10-19(18)26-3)11-23-28-13-20-24-21(25-29-20)16-5-7-17(22)8-6-16/h4-11,14H,12-13H2,1-3H3/b23-11-. The van der Waals surface area contributed by atoms with Crippen molar-refractivity contribution in [3.05, 3.63) is 58.9 Å². The van der Waals surface area contributed by atoms with Crippen LogP contribution in [0.1, 0.15) is 25.3 Å². The van der Waals surface area contributed by atoms with E-state index in [1.54, 1.807) is 25.5 Å². The van der Waals surface area contributed by atoms with E-state index < -0.39 is 0 Å². The lowest BCUT2D eigenvalue weighted by Crippen LogP contribution is -2.05. The number of hydrogen-bond donors (Lipinski definition) is 0. The van der Waals surface area contributed by atoms with Crippen LogP contribution in [0.5, 0.6) is 11.5 Å². The van der Waals surface area contributed by atoms with Gasteiger partial charge in [-0.25, -0.2) is 0 Å². The highest BCUT2D eigenvalue weighted by Gasteiger charge is 2.09. The van der Waals surface area contributed by atoms with Crippen molar-refractivity contribution in [1.82, 2.24) is 10.1 Å². The number of oxime groups is 1. The van der Waals surface area contributed by atoms with Crippen molar-refractivity contribution in [2.75, 3.05) is 13.7 Å². The summed E-state index contributed by atoms with van der Waals surface area (Å²) in [4.78, 5) is 9.53. The number of halogens is 1. The quantitative estimate of drug-likeness (QED) is 0.362. The molecule has 1 heterocycles. The van der Waals surface area contributed by atoms with E-state index in [4.69, 9.17) is 30.4 Å². The van der Waals surface area contributed by atoms with Crippen LogP contribution in [0, 0.1) is 5.92 Å². The topological polar surface area (TPSA) is 79.0 Å². The summed E-state index contributed by atoms with van der Waals surface area (Å²) in [5.74, 6) is 2.55. The van der Waals surface area contributed by atoms with Gasteiger partial charge in [-0.05, 0) is 48.4 Å². The third-order valence-electron chi connectivity index (χ3n) is 3.79. The molecule has 0 atom stereocenters. The summed E-state index contributed by atoms with van der Waals surface area (Å²) in [5, 5.41) is 8.51. The minimum atomic E-state index is 0.0593. The lowest BCUT2D eigenvalue weighted by molar-refractivity contribution is 0.107. The van der Waals surface area contributed by atoms with Gasteiger partial charge in [0.05, 0.1) is 19.9 Å². The fourth-order valence-electron chi connectivity index (χ4n) is 2.36. The SMILES string of the molecule is COc1cc(/C=N\OCc2nc(-c3ccc(Cl)cc3)no2)ccc1OCC(C)C. The fourth-order valence-corrected chi connectivity index (χ4v) is 2.49. The fraction of sp³-hybridized carbons (Fsp3) is 0.286. The van der Waals surface area contributed by atoms with Gasteiger partial charge in [-0.1, -0.05) is 35.8 Å². The van der Waals surface area contributed by atoms with Crippen molar-refractivity contribution in [3.63, 3.8) is 0 Å². The smallest absolute Gasteiger partial charge is 0.267 e. The predicted molar refractivity (Wildman–Crippen MR) is 110 cm³/mol. The van der Waals surface area contributed by atoms with Crippen LogP contribution in [0.15, 0.2) is 52.1 Å². The van der Waals surface area contributed by atoms with Gasteiger partial charge in [0.1, 0.15) is 0 Å². The lowest BCUT2D eigenvalue weighted by Gasteiger charge is -2.12. The molecule has 2 aromatic carbocycles. The Bertz CT molecular complexity index is 955. The molecule has 29 heavy (non-hydrogen) atoms. The molecule has 0 saturated heterocycles. The zero-order chi connectivity index (χ0) is 20.6. The van der Waals surface area contributed by atoms with Gasteiger partial charge in [0, 0.05) is 16.1 Å².